The van der Waals surface area contributed by atoms with Crippen molar-refractivity contribution in [3.8, 4) is 11.4 Å². The summed E-state index contributed by atoms with van der Waals surface area (Å²) in [5.41, 5.74) is 14.2. The number of nitrogens with two attached hydrogens (primary N) is 2. The fourth-order valence-corrected chi connectivity index (χ4v) is 4.87. The highest BCUT2D eigenvalue weighted by atomic mass is 32.2. The molecule has 0 spiro atoms. The zero-order valence-electron chi connectivity index (χ0n) is 20.1. The maximum Gasteiger partial charge on any atom is 0.161 e. The Labute approximate surface area is 216 Å². The predicted octanol–water partition coefficient (Wildman–Crippen LogP) is 5.41. The topological polar surface area (TPSA) is 90.3 Å². The summed E-state index contributed by atoms with van der Waals surface area (Å²) >= 11 is 5.81. The zero-order valence-corrected chi connectivity index (χ0v) is 21.7. The van der Waals surface area contributed by atoms with Gasteiger partial charge in [0, 0.05) is 35.3 Å². The Morgan fingerprint density at radius 1 is 1.03 bits per heavy atom. The highest BCUT2D eigenvalue weighted by Crippen LogP contribution is 2.59. The molecule has 0 amide bonds. The first-order chi connectivity index (χ1) is 17.0. The Bertz CT molecular complexity index is 1090. The predicted molar refractivity (Wildman–Crippen MR) is 147 cm³/mol. The Morgan fingerprint density at radius 2 is 1.63 bits per heavy atom. The Morgan fingerprint density at radius 3 is 2.20 bits per heavy atom. The number of nitrogens with zero attached hydrogens (tertiary/aromatic N) is 3. The fraction of sp³-hybridized carbons (Fsp3) is 0.346. The molecular formula is C26H32FN5OS2. The molecule has 2 aromatic carbocycles. The van der Waals surface area contributed by atoms with Crippen LogP contribution in [0.1, 0.15) is 32.4 Å². The Hall–Kier alpha value is -2.75. The van der Waals surface area contributed by atoms with Crippen molar-refractivity contribution in [2.45, 2.75) is 36.3 Å². The van der Waals surface area contributed by atoms with Crippen LogP contribution in [-0.2, 0) is 9.48 Å². The number of benzene rings is 2. The van der Waals surface area contributed by atoms with Crippen LogP contribution in [0.2, 0.25) is 0 Å². The average molecular weight is 514 g/mol. The summed E-state index contributed by atoms with van der Waals surface area (Å²) in [5.74, 6) is 1.42. The quantitative estimate of drug-likeness (QED) is 0.346. The molecule has 0 unspecified atom stereocenters. The van der Waals surface area contributed by atoms with Gasteiger partial charge in [-0.2, -0.15) is 0 Å². The van der Waals surface area contributed by atoms with Gasteiger partial charge in [-0.25, -0.2) is 14.4 Å². The number of hydrogen-bond donors (Lipinski definition) is 2. The fourth-order valence-electron chi connectivity index (χ4n) is 3.64. The number of thiocarbonyl (C=S) groups is 1. The van der Waals surface area contributed by atoms with Gasteiger partial charge in [0.15, 0.2) is 5.82 Å². The van der Waals surface area contributed by atoms with Gasteiger partial charge >= 0.3 is 0 Å². The van der Waals surface area contributed by atoms with Crippen molar-refractivity contribution < 1.29 is 9.13 Å². The number of rotatable bonds is 5. The van der Waals surface area contributed by atoms with E-state index in [1.807, 2.05) is 50.2 Å². The molecule has 9 heteroatoms. The Balaban J connectivity index is 0.000000638. The van der Waals surface area contributed by atoms with Gasteiger partial charge < -0.3 is 21.1 Å². The number of anilines is 2. The van der Waals surface area contributed by atoms with Crippen LogP contribution in [0.4, 0.5) is 15.9 Å². The van der Waals surface area contributed by atoms with Crippen LogP contribution in [0, 0.1) is 5.82 Å². The summed E-state index contributed by atoms with van der Waals surface area (Å²) in [7, 11) is 0. The maximum atomic E-state index is 13.3. The van der Waals surface area contributed by atoms with E-state index in [1.165, 1.54) is 12.1 Å². The van der Waals surface area contributed by atoms with Crippen LogP contribution < -0.4 is 16.4 Å². The third-order valence-corrected chi connectivity index (χ3v) is 7.03. The van der Waals surface area contributed by atoms with E-state index in [9.17, 15) is 4.39 Å². The summed E-state index contributed by atoms with van der Waals surface area (Å²) in [6.45, 7) is 7.03. The number of morpholine rings is 1. The van der Waals surface area contributed by atoms with E-state index in [0.717, 1.165) is 53.4 Å². The number of nitrogen functional groups attached to an aromatic ring is 1. The van der Waals surface area contributed by atoms with Crippen molar-refractivity contribution in [2.75, 3.05) is 36.9 Å². The molecule has 5 rings (SSSR count). The molecular weight excluding hydrogens is 481 g/mol. The molecule has 0 bridgehead atoms. The van der Waals surface area contributed by atoms with Crippen LogP contribution in [-0.4, -0.2) is 41.8 Å². The number of ether oxygens (including phenoxy) is 1. The van der Waals surface area contributed by atoms with Crippen molar-refractivity contribution in [3.63, 3.8) is 0 Å². The largest absolute Gasteiger partial charge is 0.399 e. The number of thioether (sulfide) groups is 1. The molecule has 4 N–H and O–H groups in total. The van der Waals surface area contributed by atoms with Crippen LogP contribution in [0.3, 0.4) is 0 Å². The van der Waals surface area contributed by atoms with Gasteiger partial charge in [-0.15, -0.1) is 11.8 Å². The molecule has 0 radical (unpaired) electrons. The van der Waals surface area contributed by atoms with Gasteiger partial charge in [0.25, 0.3) is 0 Å². The number of halogens is 1. The Kier molecular flexibility index (Phi) is 9.83. The molecule has 1 aliphatic heterocycles. The highest BCUT2D eigenvalue weighted by molar-refractivity contribution is 8.00. The third kappa shape index (κ3) is 7.13. The van der Waals surface area contributed by atoms with E-state index in [2.05, 4.69) is 28.9 Å². The summed E-state index contributed by atoms with van der Waals surface area (Å²) in [5, 5.41) is 0. The molecule has 6 nitrogen and oxygen atoms in total. The van der Waals surface area contributed by atoms with Gasteiger partial charge in [-0.1, -0.05) is 26.1 Å². The molecule has 2 aliphatic rings. The minimum atomic E-state index is -0.216. The molecule has 2 heterocycles. The molecule has 0 atom stereocenters. The second-order valence-corrected chi connectivity index (χ2v) is 9.57. The summed E-state index contributed by atoms with van der Waals surface area (Å²) < 4.78 is 18.8. The van der Waals surface area contributed by atoms with E-state index in [-0.39, 0.29) is 10.6 Å². The van der Waals surface area contributed by atoms with Gasteiger partial charge in [-0.3, -0.25) is 0 Å². The van der Waals surface area contributed by atoms with Crippen LogP contribution >= 0.6 is 24.0 Å². The molecule has 2 fully saturated rings. The lowest BCUT2D eigenvalue weighted by Crippen LogP contribution is -2.37. The maximum absolute atomic E-state index is 13.3. The minimum absolute atomic E-state index is 0.0929. The lowest BCUT2D eigenvalue weighted by atomic mass is 10.1. The van der Waals surface area contributed by atoms with Gasteiger partial charge in [0.2, 0.25) is 0 Å². The molecule has 1 saturated heterocycles. The second-order valence-electron chi connectivity index (χ2n) is 7.84. The first-order valence-corrected chi connectivity index (χ1v) is 13.0. The highest BCUT2D eigenvalue weighted by Gasteiger charge is 2.47. The second kappa shape index (κ2) is 12.8. The van der Waals surface area contributed by atoms with E-state index >= 15 is 0 Å². The minimum Gasteiger partial charge on any atom is -0.399 e. The average Bonchev–Trinajstić information content (AvgIpc) is 3.68. The van der Waals surface area contributed by atoms with E-state index in [1.54, 1.807) is 11.8 Å². The zero-order chi connectivity index (χ0) is 25.3. The van der Waals surface area contributed by atoms with Crippen LogP contribution in [0.15, 0.2) is 59.5 Å². The van der Waals surface area contributed by atoms with Crippen molar-refractivity contribution in [3.05, 3.63) is 66.1 Å². The lowest BCUT2D eigenvalue weighted by molar-refractivity contribution is 0.122. The third-order valence-electron chi connectivity index (χ3n) is 5.51. The van der Waals surface area contributed by atoms with E-state index in [0.29, 0.717) is 24.7 Å². The van der Waals surface area contributed by atoms with E-state index < -0.39 is 0 Å². The first kappa shape index (κ1) is 26.8. The SMILES string of the molecule is CC.NC=S.Nc1ccc(-c2nc(N3CCOCC3)cc(C3(Sc4ccc(F)cc4)CC3)n2)cc1. The monoisotopic (exact) mass is 513 g/mol. The molecule has 1 saturated carbocycles. The van der Waals surface area contributed by atoms with Crippen LogP contribution in [0.5, 0.6) is 0 Å². The van der Waals surface area contributed by atoms with Crippen LogP contribution in [0.25, 0.3) is 11.4 Å². The molecule has 35 heavy (non-hydrogen) atoms. The van der Waals surface area contributed by atoms with Gasteiger partial charge in [0.1, 0.15) is 11.6 Å². The molecule has 186 valence electrons. The smallest absolute Gasteiger partial charge is 0.161 e. The van der Waals surface area contributed by atoms with E-state index in [4.69, 9.17) is 20.4 Å². The molecule has 3 aromatic rings. The first-order valence-electron chi connectivity index (χ1n) is 11.7. The number of aromatic nitrogens is 2. The standard InChI is InChI=1S/C23H23FN4OS.C2H6.CH3NS/c24-17-3-7-19(8-4-17)30-23(9-10-23)20-15-21(28-11-13-29-14-12-28)27-22(26-20)16-1-5-18(25)6-2-16;1-2;2-1-3/h1-8,15H,9-14,25H2;1-2H3;1H,(H2,2,3). The van der Waals surface area contributed by atoms with Crippen molar-refractivity contribution >= 4 is 41.0 Å². The molecule has 1 aliphatic carbocycles. The lowest BCUT2D eigenvalue weighted by Gasteiger charge is -2.29. The van der Waals surface area contributed by atoms with Crippen molar-refractivity contribution in [1.29, 1.82) is 0 Å². The van der Waals surface area contributed by atoms with Gasteiger partial charge in [0.05, 0.1) is 29.1 Å². The molecule has 1 aromatic heterocycles. The number of hydrogen-bond acceptors (Lipinski definition) is 7. The summed E-state index contributed by atoms with van der Waals surface area (Å²) in [6, 6.07) is 16.5. The summed E-state index contributed by atoms with van der Waals surface area (Å²) in [6.07, 6.45) is 2.07. The van der Waals surface area contributed by atoms with Gasteiger partial charge in [-0.05, 0) is 61.4 Å². The van der Waals surface area contributed by atoms with Crippen molar-refractivity contribution in [2.24, 2.45) is 5.73 Å². The summed E-state index contributed by atoms with van der Waals surface area (Å²) in [4.78, 5) is 13.2. The normalized spacial score (nSPS) is 15.7. The van der Waals surface area contributed by atoms with Crippen molar-refractivity contribution in [1.82, 2.24) is 9.97 Å².